The van der Waals surface area contributed by atoms with Gasteiger partial charge < -0.3 is 25.3 Å². The molecule has 0 radical (unpaired) electrons. The number of carbonyl (C=O) groups excluding carboxylic acids is 4. The van der Waals surface area contributed by atoms with Gasteiger partial charge in [0.15, 0.2) is 8.32 Å². The van der Waals surface area contributed by atoms with Crippen molar-refractivity contribution in [3.63, 3.8) is 0 Å². The van der Waals surface area contributed by atoms with Crippen molar-refractivity contribution in [2.75, 3.05) is 18.5 Å². The van der Waals surface area contributed by atoms with E-state index in [2.05, 4.69) is 17.2 Å². The van der Waals surface area contributed by atoms with Gasteiger partial charge in [0, 0.05) is 31.2 Å². The molecule has 2 aromatic carbocycles. The Bertz CT molecular complexity index is 1400. The van der Waals surface area contributed by atoms with Crippen LogP contribution in [0.15, 0.2) is 73.3 Å². The minimum absolute atomic E-state index is 0.0103. The standard InChI is InChI=1S/C34H45F3N4O5Si/c1-7-24(22-46-47(5,6)33(2,3)4)28(31(44)41-20-14-19-27(41)30(43)38-25-17-12-9-13-18-25)40-29(42)26(39-32(45)34(35,36)37)21-23-15-10-8-11-16-23/h7-13,15-18,24,26-28H,1,14,19-22H2,2-6H3,(H,38,43)(H,39,45)(H,40,42)/t24?,26-,27-,28+/m0/s1. The van der Waals surface area contributed by atoms with Crippen LogP contribution in [0, 0.1) is 5.92 Å². The number of halogens is 3. The Morgan fingerprint density at radius 1 is 1.00 bits per heavy atom. The predicted molar refractivity (Wildman–Crippen MR) is 177 cm³/mol. The number of nitrogens with zero attached hydrogens (tertiary/aromatic N) is 1. The summed E-state index contributed by atoms with van der Waals surface area (Å²) in [6.07, 6.45) is -3.13. The number of para-hydroxylation sites is 1. The minimum Gasteiger partial charge on any atom is -0.416 e. The van der Waals surface area contributed by atoms with Crippen LogP contribution in [0.4, 0.5) is 18.9 Å². The highest BCUT2D eigenvalue weighted by Gasteiger charge is 2.44. The number of anilines is 1. The molecule has 0 bridgehead atoms. The summed E-state index contributed by atoms with van der Waals surface area (Å²) >= 11 is 0. The maximum Gasteiger partial charge on any atom is 0.471 e. The fraction of sp³-hybridized carbons (Fsp3) is 0.471. The van der Waals surface area contributed by atoms with Crippen molar-refractivity contribution in [1.29, 1.82) is 0 Å². The molecule has 3 rings (SSSR count). The van der Waals surface area contributed by atoms with Gasteiger partial charge in [0.25, 0.3) is 0 Å². The van der Waals surface area contributed by atoms with E-state index in [0.717, 1.165) is 0 Å². The molecule has 0 aliphatic carbocycles. The molecule has 1 saturated heterocycles. The maximum atomic E-state index is 14.3. The van der Waals surface area contributed by atoms with Crippen molar-refractivity contribution in [3.05, 3.63) is 78.9 Å². The lowest BCUT2D eigenvalue weighted by molar-refractivity contribution is -0.174. The van der Waals surface area contributed by atoms with E-state index in [-0.39, 0.29) is 24.6 Å². The molecular formula is C34H45F3N4O5Si. The summed E-state index contributed by atoms with van der Waals surface area (Å²) in [6, 6.07) is 13.1. The number of amides is 4. The SMILES string of the molecule is C=CC(CO[Si](C)(C)C(C)(C)C)[C@@H](NC(=O)[C@H](Cc1ccccc1)NC(=O)C(F)(F)F)C(=O)N1CCC[C@H]1C(=O)Nc1ccccc1. The highest BCUT2D eigenvalue weighted by Crippen LogP contribution is 2.37. The van der Waals surface area contributed by atoms with E-state index >= 15 is 0 Å². The number of hydrogen-bond donors (Lipinski definition) is 3. The number of nitrogens with one attached hydrogen (secondary N) is 3. The highest BCUT2D eigenvalue weighted by molar-refractivity contribution is 6.74. The Morgan fingerprint density at radius 3 is 2.15 bits per heavy atom. The van der Waals surface area contributed by atoms with Gasteiger partial charge >= 0.3 is 12.1 Å². The molecule has 9 nitrogen and oxygen atoms in total. The zero-order valence-electron chi connectivity index (χ0n) is 27.5. The number of hydrogen-bond acceptors (Lipinski definition) is 5. The number of benzene rings is 2. The third kappa shape index (κ3) is 10.3. The van der Waals surface area contributed by atoms with Crippen LogP contribution in [0.1, 0.15) is 39.2 Å². The van der Waals surface area contributed by atoms with Crippen LogP contribution in [0.25, 0.3) is 0 Å². The normalized spacial score (nSPS) is 17.3. The van der Waals surface area contributed by atoms with Gasteiger partial charge in [0.2, 0.25) is 17.7 Å². The predicted octanol–water partition coefficient (Wildman–Crippen LogP) is 5.21. The molecule has 0 aromatic heterocycles. The lowest BCUT2D eigenvalue weighted by atomic mass is 9.97. The monoisotopic (exact) mass is 674 g/mol. The van der Waals surface area contributed by atoms with Gasteiger partial charge in [-0.25, -0.2) is 0 Å². The average molecular weight is 675 g/mol. The van der Waals surface area contributed by atoms with Crippen molar-refractivity contribution >= 4 is 37.6 Å². The quantitative estimate of drug-likeness (QED) is 0.199. The molecule has 13 heteroatoms. The van der Waals surface area contributed by atoms with Gasteiger partial charge in [-0.1, -0.05) is 75.4 Å². The Balaban J connectivity index is 1.95. The summed E-state index contributed by atoms with van der Waals surface area (Å²) in [5, 5.41) is 7.06. The Morgan fingerprint density at radius 2 is 1.60 bits per heavy atom. The summed E-state index contributed by atoms with van der Waals surface area (Å²) in [6.45, 7) is 14.3. The first kappa shape index (κ1) is 37.5. The second-order valence-corrected chi connectivity index (χ2v) is 18.0. The number of rotatable bonds is 13. The lowest BCUT2D eigenvalue weighted by Crippen LogP contribution is -2.60. The zero-order chi connectivity index (χ0) is 35.0. The first-order chi connectivity index (χ1) is 21.9. The Kier molecular flexibility index (Phi) is 12.6. The first-order valence-corrected chi connectivity index (χ1v) is 18.5. The van der Waals surface area contributed by atoms with E-state index in [1.165, 1.54) is 11.0 Å². The first-order valence-electron chi connectivity index (χ1n) is 15.6. The van der Waals surface area contributed by atoms with Crippen LogP contribution in [-0.2, 0) is 30.0 Å². The molecule has 1 aliphatic heterocycles. The second kappa shape index (κ2) is 15.7. The number of likely N-dealkylation sites (tertiary alicyclic amines) is 1. The van der Waals surface area contributed by atoms with E-state index in [0.29, 0.717) is 24.1 Å². The fourth-order valence-electron chi connectivity index (χ4n) is 4.96. The van der Waals surface area contributed by atoms with Gasteiger partial charge in [-0.3, -0.25) is 19.2 Å². The Labute approximate surface area is 275 Å². The van der Waals surface area contributed by atoms with Crippen LogP contribution in [0.3, 0.4) is 0 Å². The Hall–Kier alpha value is -3.97. The van der Waals surface area contributed by atoms with Gasteiger partial charge in [-0.15, -0.1) is 6.58 Å². The van der Waals surface area contributed by atoms with Crippen molar-refractivity contribution in [2.24, 2.45) is 5.92 Å². The van der Waals surface area contributed by atoms with Crippen LogP contribution >= 0.6 is 0 Å². The van der Waals surface area contributed by atoms with Crippen LogP contribution < -0.4 is 16.0 Å². The van der Waals surface area contributed by atoms with Crippen LogP contribution in [-0.4, -0.2) is 74.3 Å². The molecule has 4 amide bonds. The summed E-state index contributed by atoms with van der Waals surface area (Å²) < 4.78 is 46.3. The molecule has 1 fully saturated rings. The van der Waals surface area contributed by atoms with Crippen molar-refractivity contribution in [1.82, 2.24) is 15.5 Å². The summed E-state index contributed by atoms with van der Waals surface area (Å²) in [5.74, 6) is -5.09. The van der Waals surface area contributed by atoms with Crippen molar-refractivity contribution in [2.45, 2.75) is 82.5 Å². The molecule has 4 atom stereocenters. The molecule has 3 N–H and O–H groups in total. The smallest absolute Gasteiger partial charge is 0.416 e. The maximum absolute atomic E-state index is 14.3. The van der Waals surface area contributed by atoms with Crippen LogP contribution in [0.5, 0.6) is 0 Å². The largest absolute Gasteiger partial charge is 0.471 e. The van der Waals surface area contributed by atoms with E-state index < -0.39 is 62.2 Å². The number of carbonyl (C=O) groups is 4. The molecule has 1 heterocycles. The van der Waals surface area contributed by atoms with Gasteiger partial charge in [0.1, 0.15) is 18.1 Å². The third-order valence-corrected chi connectivity index (χ3v) is 13.3. The molecule has 47 heavy (non-hydrogen) atoms. The topological polar surface area (TPSA) is 117 Å². The third-order valence-electron chi connectivity index (χ3n) is 8.78. The molecular weight excluding hydrogens is 629 g/mol. The fourth-order valence-corrected chi connectivity index (χ4v) is 6.00. The summed E-state index contributed by atoms with van der Waals surface area (Å²) in [5.41, 5.74) is 1.05. The molecule has 0 saturated carbocycles. The van der Waals surface area contributed by atoms with Gasteiger partial charge in [-0.05, 0) is 48.7 Å². The molecule has 256 valence electrons. The molecule has 2 aromatic rings. The molecule has 1 unspecified atom stereocenters. The van der Waals surface area contributed by atoms with Gasteiger partial charge in [-0.2, -0.15) is 13.2 Å². The second-order valence-electron chi connectivity index (χ2n) is 13.2. The highest BCUT2D eigenvalue weighted by atomic mass is 28.4. The minimum atomic E-state index is -5.24. The van der Waals surface area contributed by atoms with Gasteiger partial charge in [0.05, 0.1) is 0 Å². The number of alkyl halides is 3. The lowest BCUT2D eigenvalue weighted by Gasteiger charge is -2.38. The van der Waals surface area contributed by atoms with E-state index in [4.69, 9.17) is 4.43 Å². The van der Waals surface area contributed by atoms with E-state index in [9.17, 15) is 32.3 Å². The van der Waals surface area contributed by atoms with Crippen LogP contribution in [0.2, 0.25) is 18.1 Å². The summed E-state index contributed by atoms with van der Waals surface area (Å²) in [7, 11) is -2.36. The molecule has 1 aliphatic rings. The summed E-state index contributed by atoms with van der Waals surface area (Å²) in [4.78, 5) is 54.8. The molecule has 0 spiro atoms. The van der Waals surface area contributed by atoms with E-state index in [1.54, 1.807) is 66.0 Å². The van der Waals surface area contributed by atoms with Crippen molar-refractivity contribution in [3.8, 4) is 0 Å². The van der Waals surface area contributed by atoms with E-state index in [1.807, 2.05) is 33.9 Å². The zero-order valence-corrected chi connectivity index (χ0v) is 28.5. The van der Waals surface area contributed by atoms with Crippen molar-refractivity contribution < 1.29 is 36.8 Å². The average Bonchev–Trinajstić information content (AvgIpc) is 3.50.